The summed E-state index contributed by atoms with van der Waals surface area (Å²) in [4.78, 5) is 21.8. The van der Waals surface area contributed by atoms with Crippen molar-refractivity contribution in [3.8, 4) is 12.3 Å². The molecule has 0 aliphatic rings. The Morgan fingerprint density at radius 2 is 2.29 bits per heavy atom. The van der Waals surface area contributed by atoms with E-state index in [1.165, 1.54) is 0 Å². The first-order valence-corrected chi connectivity index (χ1v) is 4.25. The number of amides is 1. The molecule has 1 unspecified atom stereocenters. The standard InChI is InChI=1S/C9H14N2O3/c1-3-7(11-8(12)6-10)5-9(13)14-4-2/h1,7H,4-6,10H2,2H3,(H,11,12). The Balaban J connectivity index is 3.98. The third-order valence-corrected chi connectivity index (χ3v) is 1.40. The molecule has 0 saturated heterocycles. The maximum Gasteiger partial charge on any atom is 0.308 e. The summed E-state index contributed by atoms with van der Waals surface area (Å²) in [6, 6.07) is -0.648. The second-order valence-electron chi connectivity index (χ2n) is 2.50. The number of ether oxygens (including phenoxy) is 1. The minimum absolute atomic E-state index is 0.0317. The predicted molar refractivity (Wildman–Crippen MR) is 51.1 cm³/mol. The van der Waals surface area contributed by atoms with E-state index >= 15 is 0 Å². The van der Waals surface area contributed by atoms with Crippen molar-refractivity contribution in [1.29, 1.82) is 0 Å². The van der Waals surface area contributed by atoms with Crippen LogP contribution in [0.1, 0.15) is 13.3 Å². The molecule has 0 saturated carbocycles. The maximum atomic E-state index is 11.0. The Morgan fingerprint density at radius 3 is 2.71 bits per heavy atom. The lowest BCUT2D eigenvalue weighted by Crippen LogP contribution is -2.39. The fraction of sp³-hybridized carbons (Fsp3) is 0.556. The average Bonchev–Trinajstić information content (AvgIpc) is 2.16. The van der Waals surface area contributed by atoms with Crippen LogP contribution in [-0.4, -0.2) is 31.1 Å². The van der Waals surface area contributed by atoms with Gasteiger partial charge in [0.05, 0.1) is 19.6 Å². The summed E-state index contributed by atoms with van der Waals surface area (Å²) in [5.74, 6) is 1.44. The van der Waals surface area contributed by atoms with E-state index in [9.17, 15) is 9.59 Å². The molecule has 14 heavy (non-hydrogen) atoms. The zero-order valence-electron chi connectivity index (χ0n) is 8.08. The van der Waals surface area contributed by atoms with Crippen LogP contribution in [0.5, 0.6) is 0 Å². The Kier molecular flexibility index (Phi) is 6.16. The van der Waals surface area contributed by atoms with Crippen LogP contribution in [0.15, 0.2) is 0 Å². The number of carbonyl (C=O) groups excluding carboxylic acids is 2. The molecule has 0 aromatic carbocycles. The van der Waals surface area contributed by atoms with Crippen molar-refractivity contribution < 1.29 is 14.3 Å². The molecule has 0 fully saturated rings. The summed E-state index contributed by atoms with van der Waals surface area (Å²) in [5.41, 5.74) is 5.07. The molecule has 1 amide bonds. The minimum Gasteiger partial charge on any atom is -0.466 e. The zero-order chi connectivity index (χ0) is 11.0. The van der Waals surface area contributed by atoms with E-state index < -0.39 is 17.9 Å². The fourth-order valence-corrected chi connectivity index (χ4v) is 0.791. The highest BCUT2D eigenvalue weighted by Gasteiger charge is 2.13. The summed E-state index contributed by atoms with van der Waals surface area (Å²) in [6.45, 7) is 1.84. The highest BCUT2D eigenvalue weighted by molar-refractivity contribution is 5.79. The van der Waals surface area contributed by atoms with Crippen LogP contribution in [-0.2, 0) is 14.3 Å². The van der Waals surface area contributed by atoms with Crippen molar-refractivity contribution in [1.82, 2.24) is 5.32 Å². The first kappa shape index (κ1) is 12.5. The van der Waals surface area contributed by atoms with Crippen LogP contribution in [0.2, 0.25) is 0 Å². The largest absolute Gasteiger partial charge is 0.466 e. The molecule has 1 atom stereocenters. The van der Waals surface area contributed by atoms with Gasteiger partial charge >= 0.3 is 5.97 Å². The summed E-state index contributed by atoms with van der Waals surface area (Å²) >= 11 is 0. The lowest BCUT2D eigenvalue weighted by atomic mass is 10.2. The Hall–Kier alpha value is -1.54. The van der Waals surface area contributed by atoms with Crippen molar-refractivity contribution in [2.45, 2.75) is 19.4 Å². The topological polar surface area (TPSA) is 81.4 Å². The number of hydrogen-bond donors (Lipinski definition) is 2. The van der Waals surface area contributed by atoms with Gasteiger partial charge in [-0.25, -0.2) is 0 Å². The van der Waals surface area contributed by atoms with Gasteiger partial charge in [-0.2, -0.15) is 0 Å². The van der Waals surface area contributed by atoms with Crippen molar-refractivity contribution >= 4 is 11.9 Å². The monoisotopic (exact) mass is 198 g/mol. The van der Waals surface area contributed by atoms with Gasteiger partial charge < -0.3 is 15.8 Å². The molecule has 78 valence electrons. The number of nitrogens with one attached hydrogen (secondary N) is 1. The molecule has 0 bridgehead atoms. The lowest BCUT2D eigenvalue weighted by Gasteiger charge is -2.11. The van der Waals surface area contributed by atoms with Crippen LogP contribution in [0, 0.1) is 12.3 Å². The van der Waals surface area contributed by atoms with E-state index in [0.29, 0.717) is 6.61 Å². The molecule has 0 aliphatic carbocycles. The van der Waals surface area contributed by atoms with Gasteiger partial charge in [0.2, 0.25) is 5.91 Å². The third kappa shape index (κ3) is 5.17. The van der Waals surface area contributed by atoms with Gasteiger partial charge in [-0.15, -0.1) is 6.42 Å². The van der Waals surface area contributed by atoms with E-state index in [1.54, 1.807) is 6.92 Å². The number of terminal acetylenes is 1. The highest BCUT2D eigenvalue weighted by Crippen LogP contribution is 1.93. The number of carbonyl (C=O) groups is 2. The SMILES string of the molecule is C#CC(CC(=O)OCC)NC(=O)CN. The molecule has 5 heteroatoms. The second kappa shape index (κ2) is 6.92. The van der Waals surface area contributed by atoms with Crippen LogP contribution in [0.4, 0.5) is 0 Å². The van der Waals surface area contributed by atoms with Crippen molar-refractivity contribution in [3.63, 3.8) is 0 Å². The average molecular weight is 198 g/mol. The molecule has 3 N–H and O–H groups in total. The number of hydrogen-bond acceptors (Lipinski definition) is 4. The summed E-state index contributed by atoms with van der Waals surface area (Å²) < 4.78 is 4.67. The molecule has 0 spiro atoms. The molecule has 0 heterocycles. The Labute approximate surface area is 83.0 Å². The first-order chi connectivity index (χ1) is 6.63. The minimum atomic E-state index is -0.648. The lowest BCUT2D eigenvalue weighted by molar-refractivity contribution is -0.143. The summed E-state index contributed by atoms with van der Waals surface area (Å²) in [7, 11) is 0. The first-order valence-electron chi connectivity index (χ1n) is 4.25. The maximum absolute atomic E-state index is 11.0. The van der Waals surface area contributed by atoms with Crippen LogP contribution < -0.4 is 11.1 Å². The highest BCUT2D eigenvalue weighted by atomic mass is 16.5. The molecule has 0 aliphatic heterocycles. The molecular formula is C9H14N2O3. The quantitative estimate of drug-likeness (QED) is 0.439. The van der Waals surface area contributed by atoms with E-state index in [4.69, 9.17) is 12.2 Å². The van der Waals surface area contributed by atoms with Crippen molar-refractivity contribution in [3.05, 3.63) is 0 Å². The number of nitrogens with two attached hydrogens (primary N) is 1. The van der Waals surface area contributed by atoms with Crippen LogP contribution in [0.3, 0.4) is 0 Å². The molecule has 5 nitrogen and oxygen atoms in total. The predicted octanol–water partition coefficient (Wildman–Crippen LogP) is -0.984. The molecule has 0 aromatic heterocycles. The summed E-state index contributed by atoms with van der Waals surface area (Å²) in [5, 5.41) is 2.40. The smallest absolute Gasteiger partial charge is 0.308 e. The summed E-state index contributed by atoms with van der Waals surface area (Å²) in [6.07, 6.45) is 5.08. The van der Waals surface area contributed by atoms with Crippen LogP contribution in [0.25, 0.3) is 0 Å². The molecule has 0 radical (unpaired) electrons. The van der Waals surface area contributed by atoms with Gasteiger partial charge in [-0.3, -0.25) is 9.59 Å². The van der Waals surface area contributed by atoms with Gasteiger partial charge in [0, 0.05) is 0 Å². The Bertz CT molecular complexity index is 245. The van der Waals surface area contributed by atoms with E-state index in [1.807, 2.05) is 0 Å². The van der Waals surface area contributed by atoms with Gasteiger partial charge in [-0.05, 0) is 6.92 Å². The van der Waals surface area contributed by atoms with Gasteiger partial charge in [0.15, 0.2) is 0 Å². The second-order valence-corrected chi connectivity index (χ2v) is 2.50. The van der Waals surface area contributed by atoms with Crippen molar-refractivity contribution in [2.75, 3.05) is 13.2 Å². The zero-order valence-corrected chi connectivity index (χ0v) is 8.08. The van der Waals surface area contributed by atoms with Gasteiger partial charge in [0.25, 0.3) is 0 Å². The molecule has 0 aromatic rings. The van der Waals surface area contributed by atoms with E-state index in [-0.39, 0.29) is 13.0 Å². The number of esters is 1. The van der Waals surface area contributed by atoms with Gasteiger partial charge in [0.1, 0.15) is 6.04 Å². The Morgan fingerprint density at radius 1 is 1.64 bits per heavy atom. The van der Waals surface area contributed by atoms with Crippen molar-refractivity contribution in [2.24, 2.45) is 5.73 Å². The number of rotatable bonds is 5. The molecule has 0 rings (SSSR count). The molecular weight excluding hydrogens is 184 g/mol. The normalized spacial score (nSPS) is 11.2. The fourth-order valence-electron chi connectivity index (χ4n) is 0.791. The van der Waals surface area contributed by atoms with Crippen LogP contribution >= 0.6 is 0 Å². The van der Waals surface area contributed by atoms with E-state index in [2.05, 4.69) is 16.0 Å². The van der Waals surface area contributed by atoms with Gasteiger partial charge in [-0.1, -0.05) is 5.92 Å². The third-order valence-electron chi connectivity index (χ3n) is 1.40. The van der Waals surface area contributed by atoms with E-state index in [0.717, 1.165) is 0 Å².